The predicted molar refractivity (Wildman–Crippen MR) is 37.4 cm³/mol. The molecule has 1 aliphatic rings. The molecule has 60 valence electrons. The lowest BCUT2D eigenvalue weighted by Gasteiger charge is -2.33. The second kappa shape index (κ2) is 2.84. The Kier molecular flexibility index (Phi) is 2.26. The Hall–Kier alpha value is -0.150. The number of aliphatic hydroxyl groups is 1. The molecule has 0 aromatic carbocycles. The van der Waals surface area contributed by atoms with Crippen LogP contribution in [-0.4, -0.2) is 23.4 Å². The normalized spacial score (nSPS) is 41.7. The highest BCUT2D eigenvalue weighted by Gasteiger charge is 2.37. The molecule has 0 aliphatic heterocycles. The van der Waals surface area contributed by atoms with E-state index in [4.69, 9.17) is 5.73 Å². The van der Waals surface area contributed by atoms with Gasteiger partial charge in [-0.1, -0.05) is 12.8 Å². The van der Waals surface area contributed by atoms with Gasteiger partial charge in [-0.25, -0.2) is 4.39 Å². The third kappa shape index (κ3) is 1.30. The van der Waals surface area contributed by atoms with Gasteiger partial charge < -0.3 is 10.8 Å². The molecule has 0 aromatic heterocycles. The van der Waals surface area contributed by atoms with Crippen LogP contribution in [0.2, 0.25) is 0 Å². The number of halogens is 1. The summed E-state index contributed by atoms with van der Waals surface area (Å²) in [6, 6.07) is 0. The zero-order chi connectivity index (χ0) is 7.61. The molecule has 0 bridgehead atoms. The second-order valence-corrected chi connectivity index (χ2v) is 3.02. The maximum atomic E-state index is 12.9. The highest BCUT2D eigenvalue weighted by atomic mass is 19.1. The molecule has 2 nitrogen and oxygen atoms in total. The zero-order valence-electron chi connectivity index (χ0n) is 6.02. The first kappa shape index (κ1) is 7.95. The highest BCUT2D eigenvalue weighted by molar-refractivity contribution is 4.90. The van der Waals surface area contributed by atoms with Crippen LogP contribution in [0.25, 0.3) is 0 Å². The first-order valence-electron chi connectivity index (χ1n) is 3.75. The number of nitrogens with two attached hydrogens (primary N) is 1. The van der Waals surface area contributed by atoms with Gasteiger partial charge in [-0.3, -0.25) is 0 Å². The molecule has 1 fully saturated rings. The lowest BCUT2D eigenvalue weighted by Crippen LogP contribution is -2.48. The van der Waals surface area contributed by atoms with E-state index in [1.807, 2.05) is 0 Å². The number of hydrogen-bond acceptors (Lipinski definition) is 2. The fraction of sp³-hybridized carbons (Fsp3) is 1.00. The minimum absolute atomic E-state index is 0.0498. The van der Waals surface area contributed by atoms with Gasteiger partial charge in [0.2, 0.25) is 0 Å². The smallest absolute Gasteiger partial charge is 0.130 e. The van der Waals surface area contributed by atoms with Gasteiger partial charge in [0.1, 0.15) is 11.8 Å². The van der Waals surface area contributed by atoms with Crippen molar-refractivity contribution in [1.82, 2.24) is 0 Å². The summed E-state index contributed by atoms with van der Waals surface area (Å²) in [7, 11) is 0. The van der Waals surface area contributed by atoms with Crippen LogP contribution >= 0.6 is 0 Å². The largest absolute Gasteiger partial charge is 0.386 e. The summed E-state index contributed by atoms with van der Waals surface area (Å²) in [5.74, 6) is 0. The average molecular weight is 147 g/mol. The molecule has 1 saturated carbocycles. The lowest BCUT2D eigenvalue weighted by molar-refractivity contribution is -0.0548. The van der Waals surface area contributed by atoms with Gasteiger partial charge in [-0.05, 0) is 12.8 Å². The molecular formula is C7H14FNO. The van der Waals surface area contributed by atoms with Gasteiger partial charge in [0.25, 0.3) is 0 Å². The molecule has 0 amide bonds. The molecule has 0 unspecified atom stereocenters. The maximum absolute atomic E-state index is 12.9. The van der Waals surface area contributed by atoms with Crippen molar-refractivity contribution >= 4 is 0 Å². The molecule has 3 N–H and O–H groups in total. The SMILES string of the molecule is NC[C@@]1(O)CCCC[C@@H]1F. The van der Waals surface area contributed by atoms with Gasteiger partial charge in [0, 0.05) is 6.54 Å². The number of rotatable bonds is 1. The van der Waals surface area contributed by atoms with E-state index < -0.39 is 11.8 Å². The van der Waals surface area contributed by atoms with E-state index in [1.54, 1.807) is 0 Å². The summed E-state index contributed by atoms with van der Waals surface area (Å²) in [6.07, 6.45) is 1.65. The van der Waals surface area contributed by atoms with Crippen molar-refractivity contribution < 1.29 is 9.50 Å². The molecule has 10 heavy (non-hydrogen) atoms. The molecule has 1 rings (SSSR count). The van der Waals surface area contributed by atoms with Crippen LogP contribution in [0.4, 0.5) is 4.39 Å². The van der Waals surface area contributed by atoms with Crippen molar-refractivity contribution in [3.63, 3.8) is 0 Å². The summed E-state index contributed by atoms with van der Waals surface area (Å²) in [6.45, 7) is 0.0498. The molecule has 0 aromatic rings. The Bertz CT molecular complexity index is 120. The van der Waals surface area contributed by atoms with E-state index in [0.29, 0.717) is 12.8 Å². The summed E-state index contributed by atoms with van der Waals surface area (Å²) in [5.41, 5.74) is 4.03. The standard InChI is InChI=1S/C7H14FNO/c8-6-3-1-2-4-7(6,10)5-9/h6,10H,1-5,9H2/t6-,7-/m0/s1. The van der Waals surface area contributed by atoms with Crippen LogP contribution < -0.4 is 5.73 Å². The van der Waals surface area contributed by atoms with Gasteiger partial charge in [0.05, 0.1) is 0 Å². The van der Waals surface area contributed by atoms with Crippen molar-refractivity contribution in [3.05, 3.63) is 0 Å². The van der Waals surface area contributed by atoms with Gasteiger partial charge in [-0.2, -0.15) is 0 Å². The first-order chi connectivity index (χ1) is 4.69. The lowest BCUT2D eigenvalue weighted by atomic mass is 9.83. The van der Waals surface area contributed by atoms with E-state index in [1.165, 1.54) is 0 Å². The highest BCUT2D eigenvalue weighted by Crippen LogP contribution is 2.29. The Morgan fingerprint density at radius 3 is 2.70 bits per heavy atom. The molecule has 1 aliphatic carbocycles. The monoisotopic (exact) mass is 147 g/mol. The van der Waals surface area contributed by atoms with E-state index in [2.05, 4.69) is 0 Å². The quantitative estimate of drug-likeness (QED) is 0.570. The van der Waals surface area contributed by atoms with Crippen molar-refractivity contribution in [2.45, 2.75) is 37.5 Å². The summed E-state index contributed by atoms with van der Waals surface area (Å²) in [5, 5.41) is 9.45. The van der Waals surface area contributed by atoms with Crippen molar-refractivity contribution in [1.29, 1.82) is 0 Å². The zero-order valence-corrected chi connectivity index (χ0v) is 6.02. The van der Waals surface area contributed by atoms with Crippen molar-refractivity contribution in [2.75, 3.05) is 6.54 Å². The van der Waals surface area contributed by atoms with Crippen LogP contribution in [0.15, 0.2) is 0 Å². The van der Waals surface area contributed by atoms with Crippen LogP contribution in [0, 0.1) is 0 Å². The summed E-state index contributed by atoms with van der Waals surface area (Å²) in [4.78, 5) is 0. The Morgan fingerprint density at radius 2 is 2.30 bits per heavy atom. The molecule has 0 radical (unpaired) electrons. The fourth-order valence-corrected chi connectivity index (χ4v) is 1.41. The number of alkyl halides is 1. The Morgan fingerprint density at radius 1 is 1.60 bits per heavy atom. The first-order valence-corrected chi connectivity index (χ1v) is 3.75. The molecule has 0 spiro atoms. The van der Waals surface area contributed by atoms with Crippen molar-refractivity contribution in [3.8, 4) is 0 Å². The average Bonchev–Trinajstić information content (AvgIpc) is 1.96. The third-order valence-corrected chi connectivity index (χ3v) is 2.25. The van der Waals surface area contributed by atoms with E-state index >= 15 is 0 Å². The molecule has 0 heterocycles. The molecular weight excluding hydrogens is 133 g/mol. The Balaban J connectivity index is 2.54. The second-order valence-electron chi connectivity index (χ2n) is 3.02. The summed E-state index contributed by atoms with van der Waals surface area (Å²) < 4.78 is 12.9. The topological polar surface area (TPSA) is 46.2 Å². The maximum Gasteiger partial charge on any atom is 0.130 e. The van der Waals surface area contributed by atoms with Crippen molar-refractivity contribution in [2.24, 2.45) is 5.73 Å². The van der Waals surface area contributed by atoms with Crippen LogP contribution in [0.5, 0.6) is 0 Å². The van der Waals surface area contributed by atoms with Gasteiger partial charge >= 0.3 is 0 Å². The van der Waals surface area contributed by atoms with E-state index in [9.17, 15) is 9.50 Å². The fourth-order valence-electron chi connectivity index (χ4n) is 1.41. The summed E-state index contributed by atoms with van der Waals surface area (Å²) >= 11 is 0. The van der Waals surface area contributed by atoms with Crippen LogP contribution in [-0.2, 0) is 0 Å². The van der Waals surface area contributed by atoms with Crippen LogP contribution in [0.3, 0.4) is 0 Å². The minimum atomic E-state index is -1.21. The minimum Gasteiger partial charge on any atom is -0.386 e. The van der Waals surface area contributed by atoms with Gasteiger partial charge in [-0.15, -0.1) is 0 Å². The third-order valence-electron chi connectivity index (χ3n) is 2.25. The van der Waals surface area contributed by atoms with E-state index in [0.717, 1.165) is 12.8 Å². The number of hydrogen-bond donors (Lipinski definition) is 2. The predicted octanol–water partition coefficient (Wildman–Crippen LogP) is 0.588. The van der Waals surface area contributed by atoms with E-state index in [-0.39, 0.29) is 6.54 Å². The molecule has 0 saturated heterocycles. The molecule has 2 atom stereocenters. The molecule has 3 heteroatoms. The Labute approximate surface area is 60.2 Å². The van der Waals surface area contributed by atoms with Crippen LogP contribution in [0.1, 0.15) is 25.7 Å². The van der Waals surface area contributed by atoms with Gasteiger partial charge in [0.15, 0.2) is 0 Å².